The molecule has 0 aromatic carbocycles. The van der Waals surface area contributed by atoms with Crippen LogP contribution in [0.1, 0.15) is 13.3 Å². The smallest absolute Gasteiger partial charge is 0.289 e. The van der Waals surface area contributed by atoms with Crippen molar-refractivity contribution >= 4 is 11.7 Å². The fraction of sp³-hybridized carbons (Fsp3) is 0.714. The summed E-state index contributed by atoms with van der Waals surface area (Å²) < 4.78 is 0.268. The van der Waals surface area contributed by atoms with Gasteiger partial charge in [-0.15, -0.1) is 0 Å². The van der Waals surface area contributed by atoms with Crippen LogP contribution in [-0.2, 0) is 9.59 Å². The Labute approximate surface area is 66.7 Å². The normalized spacial score (nSPS) is 10.9. The molecule has 0 aliphatic heterocycles. The maximum Gasteiger partial charge on any atom is 0.331 e. The quantitative estimate of drug-likeness (QED) is 0.349. The van der Waals surface area contributed by atoms with Crippen LogP contribution in [0, 0.1) is 0 Å². The summed E-state index contributed by atoms with van der Waals surface area (Å²) in [5.74, 6) is -0.891. The molecule has 0 bridgehead atoms. The Morgan fingerprint density at radius 2 is 1.73 bits per heavy atom. The molecule has 0 unspecified atom stereocenters. The highest BCUT2D eigenvalue weighted by molar-refractivity contribution is 6.35. The first-order chi connectivity index (χ1) is 4.87. The van der Waals surface area contributed by atoms with Crippen molar-refractivity contribution in [3.8, 4) is 0 Å². The van der Waals surface area contributed by atoms with Crippen LogP contribution in [0.25, 0.3) is 0 Å². The lowest BCUT2D eigenvalue weighted by molar-refractivity contribution is -0.905. The lowest BCUT2D eigenvalue weighted by Gasteiger charge is -2.22. The highest BCUT2D eigenvalue weighted by atomic mass is 16.2. The maximum atomic E-state index is 10.9. The van der Waals surface area contributed by atoms with Crippen molar-refractivity contribution in [2.75, 3.05) is 21.1 Å². The molecule has 11 heavy (non-hydrogen) atoms. The van der Waals surface area contributed by atoms with Crippen LogP contribution in [0.3, 0.4) is 0 Å². The number of rotatable bonds is 3. The van der Waals surface area contributed by atoms with Gasteiger partial charge in [-0.3, -0.25) is 9.59 Å². The van der Waals surface area contributed by atoms with E-state index < -0.39 is 5.91 Å². The van der Waals surface area contributed by atoms with Gasteiger partial charge >= 0.3 is 5.91 Å². The van der Waals surface area contributed by atoms with Crippen molar-refractivity contribution in [3.63, 3.8) is 0 Å². The molecule has 4 nitrogen and oxygen atoms in total. The number of ketones is 1. The van der Waals surface area contributed by atoms with E-state index in [1.807, 2.05) is 0 Å². The average Bonchev–Trinajstić information content (AvgIpc) is 1.82. The molecule has 0 rings (SSSR count). The number of quaternary nitrogens is 1. The van der Waals surface area contributed by atoms with E-state index >= 15 is 0 Å². The number of nitrogens with zero attached hydrogens (tertiary/aromatic N) is 1. The van der Waals surface area contributed by atoms with Gasteiger partial charge in [0.2, 0.25) is 5.78 Å². The fourth-order valence-corrected chi connectivity index (χ4v) is 0.528. The third-order valence-electron chi connectivity index (χ3n) is 1.01. The monoisotopic (exact) mass is 159 g/mol. The zero-order valence-electron chi connectivity index (χ0n) is 7.47. The van der Waals surface area contributed by atoms with Crippen LogP contribution in [-0.4, -0.2) is 37.4 Å². The second-order valence-corrected chi connectivity index (χ2v) is 3.23. The molecule has 0 atom stereocenters. The predicted octanol–water partition coefficient (Wildman–Crippen LogP) is -0.297. The molecule has 0 saturated heterocycles. The summed E-state index contributed by atoms with van der Waals surface area (Å²) in [5.41, 5.74) is 2.52. The molecule has 0 fully saturated rings. The summed E-state index contributed by atoms with van der Waals surface area (Å²) >= 11 is 0. The number of amides is 1. The van der Waals surface area contributed by atoms with E-state index in [0.717, 1.165) is 0 Å². The van der Waals surface area contributed by atoms with Crippen LogP contribution in [0.4, 0.5) is 0 Å². The molecule has 1 amide bonds. The summed E-state index contributed by atoms with van der Waals surface area (Å²) in [5, 5.41) is 0. The molecule has 0 saturated carbocycles. The van der Waals surface area contributed by atoms with Gasteiger partial charge in [0.25, 0.3) is 0 Å². The standard InChI is InChI=1S/C7H14N2O2/c1-5-6(10)7(11)8-9(2,3)4/h5H2,1-4H3/p+1. The Kier molecular flexibility index (Phi) is 3.19. The van der Waals surface area contributed by atoms with Gasteiger partial charge < -0.3 is 0 Å². The summed E-state index contributed by atoms with van der Waals surface area (Å²) in [7, 11) is 5.34. The molecular formula is C7H15N2O2+. The Bertz CT molecular complexity index is 170. The van der Waals surface area contributed by atoms with Gasteiger partial charge in [-0.2, -0.15) is 5.43 Å². The van der Waals surface area contributed by atoms with Crippen molar-refractivity contribution in [2.45, 2.75) is 13.3 Å². The highest BCUT2D eigenvalue weighted by Gasteiger charge is 2.17. The molecule has 0 aromatic rings. The van der Waals surface area contributed by atoms with Crippen LogP contribution >= 0.6 is 0 Å². The Morgan fingerprint density at radius 3 is 2.00 bits per heavy atom. The van der Waals surface area contributed by atoms with E-state index in [4.69, 9.17) is 0 Å². The molecule has 0 aliphatic carbocycles. The molecule has 0 radical (unpaired) electrons. The lowest BCUT2D eigenvalue weighted by atomic mass is 10.3. The van der Waals surface area contributed by atoms with Crippen LogP contribution in [0.15, 0.2) is 0 Å². The fourth-order valence-electron chi connectivity index (χ4n) is 0.528. The largest absolute Gasteiger partial charge is 0.331 e. The SMILES string of the molecule is CCC(=O)C(=O)N[N+](C)(C)C. The second kappa shape index (κ2) is 3.48. The van der Waals surface area contributed by atoms with Gasteiger partial charge in [-0.05, 0) is 0 Å². The summed E-state index contributed by atoms with van der Waals surface area (Å²) in [6.45, 7) is 1.66. The molecule has 0 aliphatic rings. The molecule has 4 heteroatoms. The van der Waals surface area contributed by atoms with E-state index in [-0.39, 0.29) is 16.8 Å². The van der Waals surface area contributed by atoms with E-state index in [0.29, 0.717) is 0 Å². The van der Waals surface area contributed by atoms with Crippen molar-refractivity contribution in [1.82, 2.24) is 5.43 Å². The summed E-state index contributed by atoms with van der Waals surface area (Å²) in [6.07, 6.45) is 0.256. The first-order valence-corrected chi connectivity index (χ1v) is 3.53. The van der Waals surface area contributed by atoms with Crippen LogP contribution in [0.5, 0.6) is 0 Å². The van der Waals surface area contributed by atoms with Crippen molar-refractivity contribution in [2.24, 2.45) is 0 Å². The molecule has 0 aromatic heterocycles. The number of nitrogens with one attached hydrogen (secondary N) is 1. The number of Topliss-reactive ketones (excluding diaryl/α,β-unsaturated/α-hetero) is 1. The van der Waals surface area contributed by atoms with Crippen molar-refractivity contribution in [3.05, 3.63) is 0 Å². The summed E-state index contributed by atoms with van der Waals surface area (Å²) in [6, 6.07) is 0. The number of hydrogen-bond acceptors (Lipinski definition) is 2. The Morgan fingerprint density at radius 1 is 1.27 bits per heavy atom. The van der Waals surface area contributed by atoms with Gasteiger partial charge in [0.1, 0.15) is 0 Å². The van der Waals surface area contributed by atoms with Gasteiger partial charge in [0.05, 0.1) is 21.1 Å². The lowest BCUT2D eigenvalue weighted by Crippen LogP contribution is -2.53. The van der Waals surface area contributed by atoms with Gasteiger partial charge in [0, 0.05) is 6.42 Å². The van der Waals surface area contributed by atoms with E-state index in [9.17, 15) is 9.59 Å². The molecule has 0 heterocycles. The van der Waals surface area contributed by atoms with E-state index in [2.05, 4.69) is 5.43 Å². The Hall–Kier alpha value is -0.900. The minimum Gasteiger partial charge on any atom is -0.289 e. The van der Waals surface area contributed by atoms with E-state index in [1.54, 1.807) is 28.1 Å². The minimum absolute atomic E-state index is 0.256. The first-order valence-electron chi connectivity index (χ1n) is 3.53. The van der Waals surface area contributed by atoms with Crippen LogP contribution < -0.4 is 5.43 Å². The number of hydrogen-bond donors (Lipinski definition) is 1. The number of carbonyl (C=O) groups is 2. The summed E-state index contributed by atoms with van der Waals surface area (Å²) in [4.78, 5) is 21.7. The van der Waals surface area contributed by atoms with Gasteiger partial charge in [-0.25, -0.2) is 4.59 Å². The third kappa shape index (κ3) is 4.50. The molecular weight excluding hydrogens is 144 g/mol. The molecule has 1 N–H and O–H groups in total. The van der Waals surface area contributed by atoms with Crippen molar-refractivity contribution in [1.29, 1.82) is 0 Å². The van der Waals surface area contributed by atoms with Gasteiger partial charge in [0.15, 0.2) is 0 Å². The zero-order valence-corrected chi connectivity index (χ0v) is 7.47. The highest BCUT2D eigenvalue weighted by Crippen LogP contribution is 1.85. The van der Waals surface area contributed by atoms with Crippen LogP contribution in [0.2, 0.25) is 0 Å². The molecule has 64 valence electrons. The average molecular weight is 159 g/mol. The molecule has 0 spiro atoms. The first kappa shape index (κ1) is 10.1. The zero-order chi connectivity index (χ0) is 9.07. The maximum absolute atomic E-state index is 10.9. The van der Waals surface area contributed by atoms with Gasteiger partial charge in [-0.1, -0.05) is 6.92 Å². The Balaban J connectivity index is 3.99. The minimum atomic E-state index is -0.514. The topological polar surface area (TPSA) is 46.2 Å². The van der Waals surface area contributed by atoms with Crippen molar-refractivity contribution < 1.29 is 14.2 Å². The second-order valence-electron chi connectivity index (χ2n) is 3.23. The van der Waals surface area contributed by atoms with E-state index in [1.165, 1.54) is 0 Å². The third-order valence-corrected chi connectivity index (χ3v) is 1.01. The predicted molar refractivity (Wildman–Crippen MR) is 41.5 cm³/mol. The number of carbonyl (C=O) groups excluding carboxylic acids is 2.